The molecule has 2 aliphatic rings. The number of likely N-dealkylation sites (N-methyl/N-ethyl adjacent to an activating group) is 1. The van der Waals surface area contributed by atoms with Gasteiger partial charge in [-0.15, -0.1) is 0 Å². The van der Waals surface area contributed by atoms with Crippen LogP contribution in [0.3, 0.4) is 0 Å². The first-order valence-electron chi connectivity index (χ1n) is 7.85. The van der Waals surface area contributed by atoms with E-state index < -0.39 is 5.54 Å². The third-order valence-corrected chi connectivity index (χ3v) is 4.63. The number of nitrogens with one attached hydrogen (secondary N) is 1. The lowest BCUT2D eigenvalue weighted by Crippen LogP contribution is -2.63. The summed E-state index contributed by atoms with van der Waals surface area (Å²) in [5.74, 6) is 0.318. The Hall–Kier alpha value is -0.650. The summed E-state index contributed by atoms with van der Waals surface area (Å²) in [5.41, 5.74) is -0.541. The first-order chi connectivity index (χ1) is 9.67. The maximum Gasteiger partial charge on any atom is 0.327 e. The van der Waals surface area contributed by atoms with E-state index in [1.165, 1.54) is 0 Å². The predicted molar refractivity (Wildman–Crippen MR) is 77.6 cm³/mol. The van der Waals surface area contributed by atoms with Gasteiger partial charge >= 0.3 is 5.97 Å². The fourth-order valence-electron chi connectivity index (χ4n) is 3.18. The zero-order valence-electron chi connectivity index (χ0n) is 13.0. The van der Waals surface area contributed by atoms with Crippen molar-refractivity contribution in [3.63, 3.8) is 0 Å². The van der Waals surface area contributed by atoms with Crippen LogP contribution in [-0.2, 0) is 14.3 Å². The first-order valence-corrected chi connectivity index (χ1v) is 7.85. The second kappa shape index (κ2) is 6.87. The molecule has 1 aliphatic heterocycles. The van der Waals surface area contributed by atoms with Gasteiger partial charge in [-0.05, 0) is 39.2 Å². The van der Waals surface area contributed by atoms with E-state index in [0.29, 0.717) is 18.6 Å². The van der Waals surface area contributed by atoms with E-state index in [0.717, 1.165) is 45.6 Å². The van der Waals surface area contributed by atoms with Crippen LogP contribution in [0, 0.1) is 5.92 Å². The van der Waals surface area contributed by atoms with E-state index in [4.69, 9.17) is 9.47 Å². The van der Waals surface area contributed by atoms with Crippen molar-refractivity contribution in [1.82, 2.24) is 10.2 Å². The van der Waals surface area contributed by atoms with Crippen LogP contribution in [0.25, 0.3) is 0 Å². The summed E-state index contributed by atoms with van der Waals surface area (Å²) in [7, 11) is 1.89. The molecule has 5 nitrogen and oxygen atoms in total. The lowest BCUT2D eigenvalue weighted by molar-refractivity contribution is -0.154. The van der Waals surface area contributed by atoms with Gasteiger partial charge in [0.25, 0.3) is 0 Å². The topological polar surface area (TPSA) is 50.8 Å². The molecule has 0 bridgehead atoms. The van der Waals surface area contributed by atoms with Crippen LogP contribution in [0.15, 0.2) is 0 Å². The van der Waals surface area contributed by atoms with Crippen LogP contribution < -0.4 is 5.32 Å². The molecule has 0 aromatic heterocycles. The lowest BCUT2D eigenvalue weighted by Gasteiger charge is -2.42. The second-order valence-electron chi connectivity index (χ2n) is 5.82. The van der Waals surface area contributed by atoms with Crippen molar-refractivity contribution in [3.8, 4) is 0 Å². The van der Waals surface area contributed by atoms with Gasteiger partial charge in [0.05, 0.1) is 19.8 Å². The van der Waals surface area contributed by atoms with Gasteiger partial charge in [0.15, 0.2) is 0 Å². The van der Waals surface area contributed by atoms with Gasteiger partial charge in [0, 0.05) is 19.1 Å². The summed E-state index contributed by atoms with van der Waals surface area (Å²) < 4.78 is 10.9. The smallest absolute Gasteiger partial charge is 0.327 e. The molecule has 0 aromatic rings. The van der Waals surface area contributed by atoms with Crippen LogP contribution in [0.2, 0.25) is 0 Å². The Morgan fingerprint density at radius 2 is 2.20 bits per heavy atom. The van der Waals surface area contributed by atoms with Crippen LogP contribution in [0.4, 0.5) is 0 Å². The molecular formula is C15H28N2O3. The number of rotatable bonds is 7. The third-order valence-electron chi connectivity index (χ3n) is 4.63. The molecule has 0 spiro atoms. The number of nitrogens with zero attached hydrogens (tertiary/aromatic N) is 1. The minimum absolute atomic E-state index is 0.0913. The normalized spacial score (nSPS) is 27.1. The maximum absolute atomic E-state index is 12.5. The lowest BCUT2D eigenvalue weighted by atomic mass is 9.91. The second-order valence-corrected chi connectivity index (χ2v) is 5.82. The molecule has 1 saturated carbocycles. The highest BCUT2D eigenvalue weighted by Gasteiger charge is 2.52. The molecule has 1 heterocycles. The zero-order chi connectivity index (χ0) is 14.6. The number of ether oxygens (including phenoxy) is 2. The Bertz CT molecular complexity index is 333. The van der Waals surface area contributed by atoms with E-state index in [2.05, 4.69) is 17.1 Å². The highest BCUT2D eigenvalue weighted by Crippen LogP contribution is 2.41. The van der Waals surface area contributed by atoms with Crippen molar-refractivity contribution >= 4 is 5.97 Å². The van der Waals surface area contributed by atoms with Crippen molar-refractivity contribution in [1.29, 1.82) is 0 Å². The van der Waals surface area contributed by atoms with Crippen molar-refractivity contribution in [2.24, 2.45) is 5.92 Å². The summed E-state index contributed by atoms with van der Waals surface area (Å²) >= 11 is 0. The van der Waals surface area contributed by atoms with Crippen molar-refractivity contribution < 1.29 is 14.3 Å². The average Bonchev–Trinajstić information content (AvgIpc) is 3.30. The highest BCUT2D eigenvalue weighted by atomic mass is 16.5. The van der Waals surface area contributed by atoms with Gasteiger partial charge in [-0.3, -0.25) is 4.90 Å². The molecule has 116 valence electrons. The molecule has 2 fully saturated rings. The Kier molecular flexibility index (Phi) is 5.41. The molecule has 2 atom stereocenters. The Morgan fingerprint density at radius 3 is 2.75 bits per heavy atom. The number of carbonyl (C=O) groups is 1. The SMILES string of the molecule is CCOC(=O)C(CN1CCOCC1CC)(NC)C1CC1. The summed E-state index contributed by atoms with van der Waals surface area (Å²) in [6.45, 7) is 7.63. The van der Waals surface area contributed by atoms with Crippen molar-refractivity contribution in [2.45, 2.75) is 44.7 Å². The molecule has 0 aromatic carbocycles. The van der Waals surface area contributed by atoms with Crippen LogP contribution >= 0.6 is 0 Å². The summed E-state index contributed by atoms with van der Waals surface area (Å²) in [4.78, 5) is 14.9. The molecule has 0 amide bonds. The molecular weight excluding hydrogens is 256 g/mol. The molecule has 1 saturated heterocycles. The number of hydrogen-bond acceptors (Lipinski definition) is 5. The molecule has 20 heavy (non-hydrogen) atoms. The largest absolute Gasteiger partial charge is 0.465 e. The van der Waals surface area contributed by atoms with Gasteiger partial charge in [0.1, 0.15) is 5.54 Å². The highest BCUT2D eigenvalue weighted by molar-refractivity contribution is 5.82. The minimum Gasteiger partial charge on any atom is -0.465 e. The van der Waals surface area contributed by atoms with Crippen LogP contribution in [0.5, 0.6) is 0 Å². The van der Waals surface area contributed by atoms with Crippen LogP contribution in [0.1, 0.15) is 33.1 Å². The maximum atomic E-state index is 12.5. The van der Waals surface area contributed by atoms with E-state index >= 15 is 0 Å². The standard InChI is InChI=1S/C15H28N2O3/c1-4-13-10-19-9-8-17(13)11-15(16-3,12-6-7-12)14(18)20-5-2/h12-13,16H,4-11H2,1-3H3. The molecule has 0 radical (unpaired) electrons. The molecule has 2 rings (SSSR count). The minimum atomic E-state index is -0.541. The van der Waals surface area contributed by atoms with Gasteiger partial charge in [0.2, 0.25) is 0 Å². The number of morpholine rings is 1. The van der Waals surface area contributed by atoms with Crippen LogP contribution in [-0.4, -0.2) is 62.4 Å². The van der Waals surface area contributed by atoms with E-state index in [-0.39, 0.29) is 5.97 Å². The Labute approximate surface area is 122 Å². The molecule has 5 heteroatoms. The molecule has 1 aliphatic carbocycles. The molecule has 1 N–H and O–H groups in total. The van der Waals surface area contributed by atoms with E-state index in [1.54, 1.807) is 0 Å². The fourth-order valence-corrected chi connectivity index (χ4v) is 3.18. The predicted octanol–water partition coefficient (Wildman–Crippen LogP) is 1.03. The monoisotopic (exact) mass is 284 g/mol. The quantitative estimate of drug-likeness (QED) is 0.708. The Balaban J connectivity index is 2.12. The third kappa shape index (κ3) is 3.15. The number of carbonyl (C=O) groups excluding carboxylic acids is 1. The van der Waals surface area contributed by atoms with E-state index in [1.807, 2.05) is 14.0 Å². The van der Waals surface area contributed by atoms with Crippen molar-refractivity contribution in [2.75, 3.05) is 40.0 Å². The summed E-state index contributed by atoms with van der Waals surface area (Å²) in [6.07, 6.45) is 3.27. The molecule has 2 unspecified atom stereocenters. The summed E-state index contributed by atoms with van der Waals surface area (Å²) in [6, 6.07) is 0.407. The van der Waals surface area contributed by atoms with Gasteiger partial charge in [-0.2, -0.15) is 0 Å². The van der Waals surface area contributed by atoms with Gasteiger partial charge in [-0.1, -0.05) is 6.92 Å². The average molecular weight is 284 g/mol. The zero-order valence-corrected chi connectivity index (χ0v) is 13.0. The van der Waals surface area contributed by atoms with E-state index in [9.17, 15) is 4.79 Å². The first kappa shape index (κ1) is 15.7. The van der Waals surface area contributed by atoms with Gasteiger partial charge < -0.3 is 14.8 Å². The number of hydrogen-bond donors (Lipinski definition) is 1. The Morgan fingerprint density at radius 1 is 1.45 bits per heavy atom. The fraction of sp³-hybridized carbons (Fsp3) is 0.933. The van der Waals surface area contributed by atoms with Gasteiger partial charge in [-0.25, -0.2) is 4.79 Å². The number of esters is 1. The summed E-state index contributed by atoms with van der Waals surface area (Å²) in [5, 5.41) is 3.30. The van der Waals surface area contributed by atoms with Crippen molar-refractivity contribution in [3.05, 3.63) is 0 Å².